The zero-order valence-corrected chi connectivity index (χ0v) is 19.9. The molecule has 0 aliphatic heterocycles. The molecule has 0 N–H and O–H groups in total. The van der Waals surface area contributed by atoms with Gasteiger partial charge in [0.05, 0.1) is 12.2 Å². The molecule has 0 spiro atoms. The third kappa shape index (κ3) is 6.01. The normalized spacial score (nSPS) is 11.5. The minimum Gasteiger partial charge on any atom is -0.461 e. The second kappa shape index (κ2) is 10.3. The molecule has 0 aliphatic carbocycles. The van der Waals surface area contributed by atoms with Crippen molar-refractivity contribution in [3.63, 3.8) is 0 Å². The summed E-state index contributed by atoms with van der Waals surface area (Å²) in [5.41, 5.74) is 4.19. The maximum absolute atomic E-state index is 12.7. The maximum Gasteiger partial charge on any atom is 0.354 e. The van der Waals surface area contributed by atoms with Crippen LogP contribution in [0.4, 0.5) is 0 Å². The summed E-state index contributed by atoms with van der Waals surface area (Å²) in [6.45, 7) is 10.2. The number of allylic oxidation sites excluding steroid dienone is 1. The summed E-state index contributed by atoms with van der Waals surface area (Å²) < 4.78 is 12.7. The van der Waals surface area contributed by atoms with Crippen molar-refractivity contribution in [2.45, 2.75) is 46.8 Å². The quantitative estimate of drug-likeness (QED) is 0.397. The molecule has 0 radical (unpaired) electrons. The SMILES string of the molecule is CC=Cc1ccc(C(=O)OCC)n1Cc1ccc(-c2ccccc2C(=O)OC(C)(C)C)cc1. The van der Waals surface area contributed by atoms with Crippen molar-refractivity contribution in [3.8, 4) is 11.1 Å². The van der Waals surface area contributed by atoms with Gasteiger partial charge in [-0.3, -0.25) is 0 Å². The summed E-state index contributed by atoms with van der Waals surface area (Å²) in [4.78, 5) is 25.1. The summed E-state index contributed by atoms with van der Waals surface area (Å²) in [7, 11) is 0. The van der Waals surface area contributed by atoms with E-state index in [2.05, 4.69) is 0 Å². The Kier molecular flexibility index (Phi) is 7.54. The number of ether oxygens (including phenoxy) is 2. The number of rotatable bonds is 7. The molecule has 0 fully saturated rings. The largest absolute Gasteiger partial charge is 0.461 e. The fourth-order valence-electron chi connectivity index (χ4n) is 3.58. The summed E-state index contributed by atoms with van der Waals surface area (Å²) in [5, 5.41) is 0. The molecule has 3 rings (SSSR count). The number of benzene rings is 2. The van der Waals surface area contributed by atoms with Gasteiger partial charge in [-0.2, -0.15) is 0 Å². The molecule has 3 aromatic rings. The topological polar surface area (TPSA) is 57.5 Å². The molecule has 5 nitrogen and oxygen atoms in total. The molecule has 1 heterocycles. The standard InChI is InChI=1S/C28H31NO4/c1-6-10-22-17-18-25(27(31)32-7-2)29(22)19-20-13-15-21(16-14-20)23-11-8-9-12-24(23)26(30)33-28(3,4)5/h6,8-18H,7,19H2,1-5H3. The Bertz CT molecular complexity index is 1150. The van der Waals surface area contributed by atoms with Gasteiger partial charge in [0, 0.05) is 12.2 Å². The predicted molar refractivity (Wildman–Crippen MR) is 131 cm³/mol. The molecular weight excluding hydrogens is 414 g/mol. The monoisotopic (exact) mass is 445 g/mol. The minimum absolute atomic E-state index is 0.328. The number of esters is 2. The van der Waals surface area contributed by atoms with E-state index in [0.717, 1.165) is 22.4 Å². The van der Waals surface area contributed by atoms with Crippen LogP contribution in [0.1, 0.15) is 66.7 Å². The molecule has 0 bridgehead atoms. The Balaban J connectivity index is 1.90. The lowest BCUT2D eigenvalue weighted by atomic mass is 9.98. The molecule has 5 heteroatoms. The fourth-order valence-corrected chi connectivity index (χ4v) is 3.58. The smallest absolute Gasteiger partial charge is 0.354 e. The molecular formula is C28H31NO4. The van der Waals surface area contributed by atoms with E-state index in [1.165, 1.54) is 0 Å². The van der Waals surface area contributed by atoms with Gasteiger partial charge in [0.2, 0.25) is 0 Å². The minimum atomic E-state index is -0.563. The number of carbonyl (C=O) groups is 2. The first kappa shape index (κ1) is 24.1. The molecule has 172 valence electrons. The van der Waals surface area contributed by atoms with E-state index in [1.54, 1.807) is 19.1 Å². The first-order chi connectivity index (χ1) is 15.7. The predicted octanol–water partition coefficient (Wildman–Crippen LogP) is 6.37. The van der Waals surface area contributed by atoms with E-state index in [9.17, 15) is 9.59 Å². The van der Waals surface area contributed by atoms with Crippen LogP contribution >= 0.6 is 0 Å². The molecule has 2 aromatic carbocycles. The van der Waals surface area contributed by atoms with E-state index in [-0.39, 0.29) is 11.9 Å². The second-order valence-electron chi connectivity index (χ2n) is 8.69. The van der Waals surface area contributed by atoms with Crippen LogP contribution in [0.15, 0.2) is 66.7 Å². The third-order valence-corrected chi connectivity index (χ3v) is 4.99. The first-order valence-electron chi connectivity index (χ1n) is 11.1. The van der Waals surface area contributed by atoms with Gasteiger partial charge in [-0.15, -0.1) is 0 Å². The van der Waals surface area contributed by atoms with E-state index in [1.807, 2.05) is 92.9 Å². The van der Waals surface area contributed by atoms with Crippen molar-refractivity contribution < 1.29 is 19.1 Å². The molecule has 0 aliphatic rings. The number of carbonyl (C=O) groups excluding carboxylic acids is 2. The third-order valence-electron chi connectivity index (χ3n) is 4.99. The highest BCUT2D eigenvalue weighted by atomic mass is 16.6. The highest BCUT2D eigenvalue weighted by Gasteiger charge is 2.21. The van der Waals surface area contributed by atoms with Crippen LogP contribution in [0.2, 0.25) is 0 Å². The Hall–Kier alpha value is -3.60. The molecule has 1 aromatic heterocycles. The van der Waals surface area contributed by atoms with E-state index in [0.29, 0.717) is 24.4 Å². The Labute approximate surface area is 195 Å². The average molecular weight is 446 g/mol. The highest BCUT2D eigenvalue weighted by Crippen LogP contribution is 2.26. The van der Waals surface area contributed by atoms with Crippen LogP contribution in [-0.2, 0) is 16.0 Å². The van der Waals surface area contributed by atoms with Gasteiger partial charge in [-0.1, -0.05) is 48.5 Å². The number of aromatic nitrogens is 1. The van der Waals surface area contributed by atoms with E-state index in [4.69, 9.17) is 9.47 Å². The van der Waals surface area contributed by atoms with Gasteiger partial charge in [0.15, 0.2) is 0 Å². The van der Waals surface area contributed by atoms with Crippen LogP contribution in [0.3, 0.4) is 0 Å². The molecule has 33 heavy (non-hydrogen) atoms. The summed E-state index contributed by atoms with van der Waals surface area (Å²) in [6, 6.07) is 19.1. The molecule has 0 saturated carbocycles. The zero-order valence-electron chi connectivity index (χ0n) is 19.9. The van der Waals surface area contributed by atoms with Gasteiger partial charge in [-0.05, 0) is 75.6 Å². The summed E-state index contributed by atoms with van der Waals surface area (Å²) in [5.74, 6) is -0.680. The van der Waals surface area contributed by atoms with Gasteiger partial charge in [0.25, 0.3) is 0 Å². The molecule has 0 amide bonds. The Morgan fingerprint density at radius 1 is 0.939 bits per heavy atom. The molecule has 0 saturated heterocycles. The highest BCUT2D eigenvalue weighted by molar-refractivity contribution is 5.97. The summed E-state index contributed by atoms with van der Waals surface area (Å²) >= 11 is 0. The van der Waals surface area contributed by atoms with Crippen LogP contribution < -0.4 is 0 Å². The van der Waals surface area contributed by atoms with Crippen LogP contribution in [0, 0.1) is 0 Å². The van der Waals surface area contributed by atoms with E-state index >= 15 is 0 Å². The van der Waals surface area contributed by atoms with Crippen LogP contribution in [0.5, 0.6) is 0 Å². The average Bonchev–Trinajstić information content (AvgIpc) is 3.16. The lowest BCUT2D eigenvalue weighted by molar-refractivity contribution is 0.00702. The molecule has 0 atom stereocenters. The van der Waals surface area contributed by atoms with Crippen molar-refractivity contribution in [1.82, 2.24) is 4.57 Å². The number of nitrogens with zero attached hydrogens (tertiary/aromatic N) is 1. The lowest BCUT2D eigenvalue weighted by Gasteiger charge is -2.20. The lowest BCUT2D eigenvalue weighted by Crippen LogP contribution is -2.24. The van der Waals surface area contributed by atoms with E-state index < -0.39 is 5.60 Å². The van der Waals surface area contributed by atoms with Crippen molar-refractivity contribution in [2.75, 3.05) is 6.61 Å². The van der Waals surface area contributed by atoms with Gasteiger partial charge < -0.3 is 14.0 Å². The van der Waals surface area contributed by atoms with Crippen molar-refractivity contribution in [3.05, 3.63) is 89.3 Å². The Morgan fingerprint density at radius 2 is 1.64 bits per heavy atom. The van der Waals surface area contributed by atoms with Gasteiger partial charge in [-0.25, -0.2) is 9.59 Å². The molecule has 0 unspecified atom stereocenters. The second-order valence-corrected chi connectivity index (χ2v) is 8.69. The Morgan fingerprint density at radius 3 is 2.27 bits per heavy atom. The maximum atomic E-state index is 12.7. The fraction of sp³-hybridized carbons (Fsp3) is 0.286. The van der Waals surface area contributed by atoms with Crippen molar-refractivity contribution in [2.24, 2.45) is 0 Å². The first-order valence-corrected chi connectivity index (χ1v) is 11.1. The van der Waals surface area contributed by atoms with Gasteiger partial charge in [0.1, 0.15) is 11.3 Å². The summed E-state index contributed by atoms with van der Waals surface area (Å²) in [6.07, 6.45) is 3.91. The van der Waals surface area contributed by atoms with Crippen LogP contribution in [0.25, 0.3) is 17.2 Å². The number of hydrogen-bond acceptors (Lipinski definition) is 4. The van der Waals surface area contributed by atoms with Crippen LogP contribution in [-0.4, -0.2) is 28.7 Å². The van der Waals surface area contributed by atoms with Gasteiger partial charge >= 0.3 is 11.9 Å². The zero-order chi connectivity index (χ0) is 24.0. The van der Waals surface area contributed by atoms with Crippen molar-refractivity contribution in [1.29, 1.82) is 0 Å². The number of hydrogen-bond donors (Lipinski definition) is 0. The van der Waals surface area contributed by atoms with Crippen molar-refractivity contribution >= 4 is 18.0 Å².